The molecule has 1 heterocycles. The maximum Gasteiger partial charge on any atom is 0.418 e. The number of rotatable bonds is 1. The monoisotopic (exact) mass is 284 g/mol. The van der Waals surface area contributed by atoms with Crippen molar-refractivity contribution in [2.75, 3.05) is 0 Å². The van der Waals surface area contributed by atoms with Crippen LogP contribution in [0.3, 0.4) is 0 Å². The third-order valence-corrected chi connectivity index (χ3v) is 3.86. The first kappa shape index (κ1) is 13.4. The zero-order chi connectivity index (χ0) is 14.7. The largest absolute Gasteiger partial charge is 0.418 e. The van der Waals surface area contributed by atoms with Crippen LogP contribution in [-0.4, -0.2) is 20.3 Å². The summed E-state index contributed by atoms with van der Waals surface area (Å²) in [5.41, 5.74) is -0.440. The average Bonchev–Trinajstić information content (AvgIpc) is 2.66. The fourth-order valence-corrected chi connectivity index (χ4v) is 2.96. The number of fused-ring (bicyclic) bond motifs is 1. The predicted octanol–water partition coefficient (Wildman–Crippen LogP) is 3.45. The van der Waals surface area contributed by atoms with E-state index in [0.29, 0.717) is 23.9 Å². The Morgan fingerprint density at radius 1 is 1.35 bits per heavy atom. The van der Waals surface area contributed by atoms with Crippen LogP contribution < -0.4 is 0 Å². The molecule has 0 amide bonds. The van der Waals surface area contributed by atoms with Crippen LogP contribution >= 0.6 is 0 Å². The number of hydrogen-bond acceptors (Lipinski definition) is 2. The van der Waals surface area contributed by atoms with Gasteiger partial charge in [-0.3, -0.25) is 0 Å². The van der Waals surface area contributed by atoms with Crippen molar-refractivity contribution in [2.45, 2.75) is 44.5 Å². The Morgan fingerprint density at radius 3 is 2.55 bits per heavy atom. The van der Waals surface area contributed by atoms with Crippen LogP contribution in [0.25, 0.3) is 11.0 Å². The van der Waals surface area contributed by atoms with Crippen LogP contribution in [-0.2, 0) is 6.18 Å². The van der Waals surface area contributed by atoms with Crippen molar-refractivity contribution in [1.29, 1.82) is 0 Å². The van der Waals surface area contributed by atoms with Gasteiger partial charge < -0.3 is 9.67 Å². The number of benzene rings is 1. The van der Waals surface area contributed by atoms with Gasteiger partial charge in [-0.15, -0.1) is 0 Å². The minimum Gasteiger partial charge on any atom is -0.390 e. The Balaban J connectivity index is 2.16. The van der Waals surface area contributed by atoms with Crippen molar-refractivity contribution in [2.24, 2.45) is 0 Å². The molecule has 3 rings (SSSR count). The molecule has 1 fully saturated rings. The van der Waals surface area contributed by atoms with Crippen LogP contribution in [0.4, 0.5) is 13.2 Å². The highest BCUT2D eigenvalue weighted by Gasteiger charge is 2.41. The van der Waals surface area contributed by atoms with Gasteiger partial charge in [-0.05, 0) is 44.4 Å². The number of hydrogen-bond donors (Lipinski definition) is 1. The maximum atomic E-state index is 13.2. The van der Waals surface area contributed by atoms with Gasteiger partial charge in [0.1, 0.15) is 0 Å². The lowest BCUT2D eigenvalue weighted by Crippen LogP contribution is -2.41. The van der Waals surface area contributed by atoms with Crippen LogP contribution in [0.5, 0.6) is 0 Å². The van der Waals surface area contributed by atoms with E-state index in [1.807, 2.05) is 0 Å². The average molecular weight is 284 g/mol. The molecule has 1 aromatic heterocycles. The Kier molecular flexibility index (Phi) is 2.67. The van der Waals surface area contributed by atoms with E-state index in [4.69, 9.17) is 0 Å². The minimum atomic E-state index is -4.41. The van der Waals surface area contributed by atoms with Gasteiger partial charge >= 0.3 is 6.18 Å². The number of aliphatic hydroxyl groups is 1. The topological polar surface area (TPSA) is 38.0 Å². The quantitative estimate of drug-likeness (QED) is 0.871. The molecule has 1 aromatic carbocycles. The fraction of sp³-hybridized carbons (Fsp3) is 0.500. The summed E-state index contributed by atoms with van der Waals surface area (Å²) < 4.78 is 41.2. The number of aryl methyl sites for hydroxylation is 1. The molecule has 0 atom stereocenters. The molecule has 0 saturated heterocycles. The van der Waals surface area contributed by atoms with Gasteiger partial charge in [0.05, 0.1) is 28.5 Å². The molecule has 0 unspecified atom stereocenters. The summed E-state index contributed by atoms with van der Waals surface area (Å²) in [6.07, 6.45) is -2.07. The molecule has 1 aliphatic rings. The van der Waals surface area contributed by atoms with E-state index in [1.165, 1.54) is 6.33 Å². The number of nitrogens with zero attached hydrogens (tertiary/aromatic N) is 2. The molecule has 1 N–H and O–H groups in total. The molecule has 108 valence electrons. The first-order chi connectivity index (χ1) is 9.17. The van der Waals surface area contributed by atoms with E-state index in [0.717, 1.165) is 6.07 Å². The molecule has 2 aromatic rings. The second-order valence-electron chi connectivity index (χ2n) is 5.89. The molecule has 0 radical (unpaired) electrons. The minimum absolute atomic E-state index is 0.114. The molecule has 0 bridgehead atoms. The number of alkyl halides is 3. The summed E-state index contributed by atoms with van der Waals surface area (Å²) in [5, 5.41) is 9.77. The SMILES string of the molecule is Cc1cc(C(F)(F)F)c2c(c1)ncn2C1CC(C)(O)C1. The summed E-state index contributed by atoms with van der Waals surface area (Å²) in [5.74, 6) is 0. The lowest BCUT2D eigenvalue weighted by molar-refractivity contribution is -0.136. The lowest BCUT2D eigenvalue weighted by atomic mass is 9.77. The Bertz CT molecular complexity index is 665. The van der Waals surface area contributed by atoms with Gasteiger partial charge in [0.15, 0.2) is 0 Å². The summed E-state index contributed by atoms with van der Waals surface area (Å²) in [4.78, 5) is 4.09. The highest BCUT2D eigenvalue weighted by atomic mass is 19.4. The number of imidazole rings is 1. The molecule has 0 spiro atoms. The second-order valence-corrected chi connectivity index (χ2v) is 5.89. The van der Waals surface area contributed by atoms with Crippen molar-refractivity contribution < 1.29 is 18.3 Å². The predicted molar refractivity (Wildman–Crippen MR) is 68.4 cm³/mol. The summed E-state index contributed by atoms with van der Waals surface area (Å²) in [7, 11) is 0. The van der Waals surface area contributed by atoms with Gasteiger partial charge in [0, 0.05) is 6.04 Å². The summed E-state index contributed by atoms with van der Waals surface area (Å²) >= 11 is 0. The summed E-state index contributed by atoms with van der Waals surface area (Å²) in [6, 6.07) is 2.67. The molecule has 1 aliphatic carbocycles. The molecular formula is C14H15F3N2O. The Hall–Kier alpha value is -1.56. The molecule has 1 saturated carbocycles. The van der Waals surface area contributed by atoms with Crippen molar-refractivity contribution in [3.8, 4) is 0 Å². The van der Waals surface area contributed by atoms with Crippen molar-refractivity contribution in [1.82, 2.24) is 9.55 Å². The van der Waals surface area contributed by atoms with E-state index in [9.17, 15) is 18.3 Å². The zero-order valence-corrected chi connectivity index (χ0v) is 11.2. The van der Waals surface area contributed by atoms with Gasteiger partial charge in [-0.1, -0.05) is 0 Å². The first-order valence-electron chi connectivity index (χ1n) is 6.44. The van der Waals surface area contributed by atoms with Crippen molar-refractivity contribution in [3.63, 3.8) is 0 Å². The molecule has 0 aliphatic heterocycles. The first-order valence-corrected chi connectivity index (χ1v) is 6.44. The summed E-state index contributed by atoms with van der Waals surface area (Å²) in [6.45, 7) is 3.32. The third-order valence-electron chi connectivity index (χ3n) is 3.86. The van der Waals surface area contributed by atoms with Gasteiger partial charge in [0.25, 0.3) is 0 Å². The van der Waals surface area contributed by atoms with Crippen LogP contribution in [0.2, 0.25) is 0 Å². The van der Waals surface area contributed by atoms with E-state index in [2.05, 4.69) is 4.98 Å². The van der Waals surface area contributed by atoms with Crippen LogP contribution in [0.15, 0.2) is 18.5 Å². The van der Waals surface area contributed by atoms with Crippen molar-refractivity contribution >= 4 is 11.0 Å². The normalized spacial score (nSPS) is 26.8. The Labute approximate surface area is 114 Å². The van der Waals surface area contributed by atoms with Crippen LogP contribution in [0, 0.1) is 6.92 Å². The standard InChI is InChI=1S/C14H15F3N2O/c1-8-3-10(14(15,16)17)12-11(4-8)18-7-19(12)9-5-13(2,20)6-9/h3-4,7,9,20H,5-6H2,1-2H3. The fourth-order valence-electron chi connectivity index (χ4n) is 2.96. The van der Waals surface area contributed by atoms with Crippen LogP contribution in [0.1, 0.15) is 36.9 Å². The molecule has 6 heteroatoms. The zero-order valence-electron chi connectivity index (χ0n) is 11.2. The van der Waals surface area contributed by atoms with Crippen molar-refractivity contribution in [3.05, 3.63) is 29.6 Å². The number of aromatic nitrogens is 2. The van der Waals surface area contributed by atoms with E-state index >= 15 is 0 Å². The smallest absolute Gasteiger partial charge is 0.390 e. The molecule has 3 nitrogen and oxygen atoms in total. The highest BCUT2D eigenvalue weighted by molar-refractivity contribution is 5.81. The molecule has 20 heavy (non-hydrogen) atoms. The molecular weight excluding hydrogens is 269 g/mol. The second kappa shape index (κ2) is 3.97. The van der Waals surface area contributed by atoms with E-state index in [1.54, 1.807) is 24.5 Å². The van der Waals surface area contributed by atoms with Gasteiger partial charge in [-0.25, -0.2) is 4.98 Å². The van der Waals surface area contributed by atoms with E-state index < -0.39 is 17.3 Å². The third kappa shape index (κ3) is 2.08. The Morgan fingerprint density at radius 2 is 2.00 bits per heavy atom. The number of halogens is 3. The van der Waals surface area contributed by atoms with E-state index in [-0.39, 0.29) is 11.6 Å². The van der Waals surface area contributed by atoms with Gasteiger partial charge in [-0.2, -0.15) is 13.2 Å². The lowest BCUT2D eigenvalue weighted by Gasteiger charge is -2.41. The van der Waals surface area contributed by atoms with Gasteiger partial charge in [0.2, 0.25) is 0 Å². The maximum absolute atomic E-state index is 13.2. The highest BCUT2D eigenvalue weighted by Crippen LogP contribution is 2.44.